The summed E-state index contributed by atoms with van der Waals surface area (Å²) in [4.78, 5) is 25.5. The number of likely N-dealkylation sites (N-methyl/N-ethyl adjacent to an activating group) is 1. The minimum atomic E-state index is -0.0860. The lowest BCUT2D eigenvalue weighted by Crippen LogP contribution is -2.48. The fourth-order valence-corrected chi connectivity index (χ4v) is 2.88. The van der Waals surface area contributed by atoms with E-state index in [2.05, 4.69) is 21.2 Å². The number of hydrogen-bond donors (Lipinski definition) is 1. The number of likely N-dealkylation sites (tertiary alicyclic amines) is 1. The molecule has 1 aromatic rings. The van der Waals surface area contributed by atoms with Crippen LogP contribution in [0.5, 0.6) is 0 Å². The van der Waals surface area contributed by atoms with Gasteiger partial charge < -0.3 is 14.8 Å². The van der Waals surface area contributed by atoms with Crippen LogP contribution in [-0.4, -0.2) is 40.9 Å². The van der Waals surface area contributed by atoms with Crippen LogP contribution in [0.1, 0.15) is 43.2 Å². The summed E-state index contributed by atoms with van der Waals surface area (Å²) in [6, 6.07) is 2.07. The second kappa shape index (κ2) is 5.99. The maximum Gasteiger partial charge on any atom is 0.268 e. The standard InChI is InChI=1S/C14H20BrN3O2/c1-9(2)18-7-10(15)6-12(18)14(20)16-11-4-5-13(19)17(3)8-11/h6-7,9,11H,4-5,8H2,1-3H3,(H,16,20). The van der Waals surface area contributed by atoms with Gasteiger partial charge in [0, 0.05) is 42.8 Å². The van der Waals surface area contributed by atoms with Crippen LogP contribution in [0.4, 0.5) is 0 Å². The van der Waals surface area contributed by atoms with Crippen molar-refractivity contribution >= 4 is 27.7 Å². The fourth-order valence-electron chi connectivity index (χ4n) is 2.44. The number of rotatable bonds is 3. The van der Waals surface area contributed by atoms with Crippen LogP contribution < -0.4 is 5.32 Å². The summed E-state index contributed by atoms with van der Waals surface area (Å²) in [7, 11) is 1.77. The number of hydrogen-bond acceptors (Lipinski definition) is 2. The molecular weight excluding hydrogens is 322 g/mol. The molecule has 2 rings (SSSR count). The summed E-state index contributed by atoms with van der Waals surface area (Å²) in [5, 5.41) is 3.02. The van der Waals surface area contributed by atoms with Gasteiger partial charge in [0.1, 0.15) is 5.69 Å². The lowest BCUT2D eigenvalue weighted by Gasteiger charge is -2.30. The lowest BCUT2D eigenvalue weighted by molar-refractivity contribution is -0.132. The highest BCUT2D eigenvalue weighted by Gasteiger charge is 2.25. The molecule has 6 heteroatoms. The van der Waals surface area contributed by atoms with E-state index in [1.807, 2.05) is 30.7 Å². The second-order valence-corrected chi connectivity index (χ2v) is 6.44. The van der Waals surface area contributed by atoms with Crippen LogP contribution in [-0.2, 0) is 4.79 Å². The van der Waals surface area contributed by atoms with E-state index in [-0.39, 0.29) is 23.9 Å². The number of piperidine rings is 1. The molecule has 110 valence electrons. The number of nitrogens with one attached hydrogen (secondary N) is 1. The number of amides is 2. The third kappa shape index (κ3) is 3.23. The van der Waals surface area contributed by atoms with Gasteiger partial charge in [0.25, 0.3) is 5.91 Å². The van der Waals surface area contributed by atoms with Crippen LogP contribution in [0.2, 0.25) is 0 Å². The largest absolute Gasteiger partial charge is 0.346 e. The van der Waals surface area contributed by atoms with Gasteiger partial charge in [0.2, 0.25) is 5.91 Å². The average molecular weight is 342 g/mol. The highest BCUT2D eigenvalue weighted by atomic mass is 79.9. The summed E-state index contributed by atoms with van der Waals surface area (Å²) in [5.74, 6) is 0.0564. The number of carbonyl (C=O) groups is 2. The summed E-state index contributed by atoms with van der Waals surface area (Å²) >= 11 is 3.41. The van der Waals surface area contributed by atoms with Crippen LogP contribution in [0.15, 0.2) is 16.7 Å². The Hall–Kier alpha value is -1.30. The van der Waals surface area contributed by atoms with Gasteiger partial charge in [-0.2, -0.15) is 0 Å². The summed E-state index contributed by atoms with van der Waals surface area (Å²) < 4.78 is 2.84. The fraction of sp³-hybridized carbons (Fsp3) is 0.571. The van der Waals surface area contributed by atoms with E-state index >= 15 is 0 Å². The van der Waals surface area contributed by atoms with Crippen molar-refractivity contribution in [2.45, 2.75) is 38.8 Å². The van der Waals surface area contributed by atoms with Gasteiger partial charge in [-0.15, -0.1) is 0 Å². The Bertz CT molecular complexity index is 524. The van der Waals surface area contributed by atoms with Crippen LogP contribution >= 0.6 is 15.9 Å². The molecule has 0 aromatic carbocycles. The van der Waals surface area contributed by atoms with E-state index in [9.17, 15) is 9.59 Å². The van der Waals surface area contributed by atoms with Gasteiger partial charge in [-0.3, -0.25) is 9.59 Å². The Morgan fingerprint density at radius 1 is 1.50 bits per heavy atom. The second-order valence-electron chi connectivity index (χ2n) is 5.53. The molecule has 2 amide bonds. The molecule has 0 spiro atoms. The Morgan fingerprint density at radius 2 is 2.20 bits per heavy atom. The highest BCUT2D eigenvalue weighted by molar-refractivity contribution is 9.10. The van der Waals surface area contributed by atoms with Crippen LogP contribution in [0, 0.1) is 0 Å². The predicted octanol–water partition coefficient (Wildman–Crippen LogP) is 2.18. The number of aromatic nitrogens is 1. The topological polar surface area (TPSA) is 54.3 Å². The zero-order valence-corrected chi connectivity index (χ0v) is 13.6. The summed E-state index contributed by atoms with van der Waals surface area (Å²) in [6.07, 6.45) is 3.12. The molecule has 0 radical (unpaired) electrons. The van der Waals surface area contributed by atoms with Gasteiger partial charge in [-0.05, 0) is 42.3 Å². The molecule has 1 aliphatic rings. The first-order chi connectivity index (χ1) is 9.38. The number of halogens is 1. The molecule has 0 bridgehead atoms. The minimum absolute atomic E-state index is 0.0273. The Morgan fingerprint density at radius 3 is 2.80 bits per heavy atom. The van der Waals surface area contributed by atoms with Crippen molar-refractivity contribution in [2.75, 3.05) is 13.6 Å². The smallest absolute Gasteiger partial charge is 0.268 e. The van der Waals surface area contributed by atoms with E-state index in [1.54, 1.807) is 11.9 Å². The van der Waals surface area contributed by atoms with Crippen molar-refractivity contribution < 1.29 is 9.59 Å². The van der Waals surface area contributed by atoms with E-state index < -0.39 is 0 Å². The van der Waals surface area contributed by atoms with E-state index in [4.69, 9.17) is 0 Å². The van der Waals surface area contributed by atoms with Gasteiger partial charge >= 0.3 is 0 Å². The Balaban J connectivity index is 2.07. The zero-order valence-electron chi connectivity index (χ0n) is 12.0. The van der Waals surface area contributed by atoms with Crippen molar-refractivity contribution in [3.63, 3.8) is 0 Å². The van der Waals surface area contributed by atoms with Crippen molar-refractivity contribution in [2.24, 2.45) is 0 Å². The molecule has 1 fully saturated rings. The first kappa shape index (κ1) is 15.1. The highest BCUT2D eigenvalue weighted by Crippen LogP contribution is 2.20. The number of carbonyl (C=O) groups excluding carboxylic acids is 2. The molecule has 20 heavy (non-hydrogen) atoms. The van der Waals surface area contributed by atoms with E-state index in [0.717, 1.165) is 4.47 Å². The van der Waals surface area contributed by atoms with E-state index in [0.29, 0.717) is 25.1 Å². The first-order valence-electron chi connectivity index (χ1n) is 6.80. The minimum Gasteiger partial charge on any atom is -0.346 e. The molecule has 0 aliphatic carbocycles. The SMILES string of the molecule is CC(C)n1cc(Br)cc1C(=O)NC1CCC(=O)N(C)C1. The number of nitrogens with zero attached hydrogens (tertiary/aromatic N) is 2. The molecule has 1 N–H and O–H groups in total. The molecule has 0 saturated carbocycles. The van der Waals surface area contributed by atoms with Crippen molar-refractivity contribution in [3.8, 4) is 0 Å². The Kier molecular flexibility index (Phi) is 4.52. The van der Waals surface area contributed by atoms with Crippen molar-refractivity contribution in [1.82, 2.24) is 14.8 Å². The van der Waals surface area contributed by atoms with Crippen molar-refractivity contribution in [3.05, 3.63) is 22.4 Å². The molecular formula is C14H20BrN3O2. The monoisotopic (exact) mass is 341 g/mol. The average Bonchev–Trinajstić information content (AvgIpc) is 2.76. The van der Waals surface area contributed by atoms with Gasteiger partial charge in [0.15, 0.2) is 0 Å². The van der Waals surface area contributed by atoms with Gasteiger partial charge in [-0.1, -0.05) is 0 Å². The molecule has 1 unspecified atom stereocenters. The third-order valence-corrected chi connectivity index (χ3v) is 4.00. The molecule has 1 atom stereocenters. The molecule has 1 saturated heterocycles. The quantitative estimate of drug-likeness (QED) is 0.916. The first-order valence-corrected chi connectivity index (χ1v) is 7.60. The normalized spacial score (nSPS) is 19.6. The van der Waals surface area contributed by atoms with Crippen LogP contribution in [0.3, 0.4) is 0 Å². The summed E-state index contributed by atoms with van der Waals surface area (Å²) in [6.45, 7) is 4.65. The summed E-state index contributed by atoms with van der Waals surface area (Å²) in [5.41, 5.74) is 0.645. The molecule has 5 nitrogen and oxygen atoms in total. The van der Waals surface area contributed by atoms with Gasteiger partial charge in [0.05, 0.1) is 0 Å². The van der Waals surface area contributed by atoms with Gasteiger partial charge in [-0.25, -0.2) is 0 Å². The zero-order chi connectivity index (χ0) is 14.9. The van der Waals surface area contributed by atoms with Crippen LogP contribution in [0.25, 0.3) is 0 Å². The molecule has 1 aliphatic heterocycles. The third-order valence-electron chi connectivity index (χ3n) is 3.57. The maximum atomic E-state index is 12.4. The molecule has 2 heterocycles. The van der Waals surface area contributed by atoms with Crippen molar-refractivity contribution in [1.29, 1.82) is 0 Å². The Labute approximate surface area is 127 Å². The lowest BCUT2D eigenvalue weighted by atomic mass is 10.1. The van der Waals surface area contributed by atoms with E-state index in [1.165, 1.54) is 0 Å². The molecule has 1 aromatic heterocycles. The maximum absolute atomic E-state index is 12.4. The predicted molar refractivity (Wildman–Crippen MR) is 80.6 cm³/mol.